The molecule has 1 rings (SSSR count). The first kappa shape index (κ1) is 17.5. The van der Waals surface area contributed by atoms with Crippen molar-refractivity contribution in [2.45, 2.75) is 72.4 Å². The molecule has 20 heavy (non-hydrogen) atoms. The van der Waals surface area contributed by atoms with Crippen molar-refractivity contribution >= 4 is 0 Å². The van der Waals surface area contributed by atoms with Crippen LogP contribution in [0.1, 0.15) is 60.8 Å². The van der Waals surface area contributed by atoms with Crippen LogP contribution in [0.2, 0.25) is 0 Å². The van der Waals surface area contributed by atoms with Gasteiger partial charge >= 0.3 is 0 Å². The molecule has 0 aromatic rings. The molecule has 1 unspecified atom stereocenters. The molecule has 1 aliphatic rings. The van der Waals surface area contributed by atoms with E-state index in [0.717, 1.165) is 13.0 Å². The van der Waals surface area contributed by atoms with Gasteiger partial charge in [-0.25, -0.2) is 0 Å². The number of allylic oxidation sites excluding steroid dienone is 4. The minimum absolute atomic E-state index is 0.146. The van der Waals surface area contributed by atoms with Gasteiger partial charge in [-0.1, -0.05) is 44.1 Å². The monoisotopic (exact) mass is 279 g/mol. The van der Waals surface area contributed by atoms with Gasteiger partial charge in [0.05, 0.1) is 5.60 Å². The first-order valence-electron chi connectivity index (χ1n) is 8.02. The molecule has 2 nitrogen and oxygen atoms in total. The van der Waals surface area contributed by atoms with Crippen LogP contribution in [0.4, 0.5) is 0 Å². The van der Waals surface area contributed by atoms with Gasteiger partial charge in [-0.3, -0.25) is 0 Å². The number of nitrogens with one attached hydrogen (secondary N) is 1. The average molecular weight is 279 g/mol. The predicted octanol–water partition coefficient (Wildman–Crippen LogP) is 4.06. The molecule has 0 bridgehead atoms. The lowest BCUT2D eigenvalue weighted by molar-refractivity contribution is 0.0294. The number of hydrogen-bond donors (Lipinski definition) is 2. The lowest BCUT2D eigenvalue weighted by Crippen LogP contribution is -2.48. The average Bonchev–Trinajstić information content (AvgIpc) is 2.33. The first-order chi connectivity index (χ1) is 9.20. The maximum Gasteiger partial charge on any atom is 0.0744 e. The van der Waals surface area contributed by atoms with Gasteiger partial charge in [0.25, 0.3) is 0 Å². The molecule has 0 saturated carbocycles. The van der Waals surface area contributed by atoms with Crippen molar-refractivity contribution in [2.24, 2.45) is 11.8 Å². The Morgan fingerprint density at radius 1 is 1.20 bits per heavy atom. The summed E-state index contributed by atoms with van der Waals surface area (Å²) >= 11 is 0. The minimum atomic E-state index is -0.676. The van der Waals surface area contributed by atoms with Gasteiger partial charge in [0, 0.05) is 6.04 Å². The molecule has 0 heterocycles. The predicted molar refractivity (Wildman–Crippen MR) is 87.8 cm³/mol. The van der Waals surface area contributed by atoms with Crippen LogP contribution >= 0.6 is 0 Å². The highest BCUT2D eigenvalue weighted by Gasteiger charge is 2.29. The van der Waals surface area contributed by atoms with Crippen molar-refractivity contribution in [3.05, 3.63) is 23.3 Å². The van der Waals surface area contributed by atoms with Crippen LogP contribution < -0.4 is 5.32 Å². The Balaban J connectivity index is 2.65. The third-order valence-electron chi connectivity index (χ3n) is 4.24. The Labute approximate surface area is 125 Å². The lowest BCUT2D eigenvalue weighted by Gasteiger charge is -2.34. The van der Waals surface area contributed by atoms with Crippen molar-refractivity contribution in [2.75, 3.05) is 6.54 Å². The summed E-state index contributed by atoms with van der Waals surface area (Å²) in [6.45, 7) is 13.7. The Kier molecular flexibility index (Phi) is 6.47. The second-order valence-electron chi connectivity index (χ2n) is 7.40. The van der Waals surface area contributed by atoms with Gasteiger partial charge in [0.1, 0.15) is 0 Å². The van der Waals surface area contributed by atoms with Crippen molar-refractivity contribution < 1.29 is 5.11 Å². The summed E-state index contributed by atoms with van der Waals surface area (Å²) in [7, 11) is 0. The molecule has 116 valence electrons. The number of aliphatic hydroxyl groups is 1. The molecule has 1 aliphatic carbocycles. The Morgan fingerprint density at radius 3 is 2.30 bits per heavy atom. The maximum absolute atomic E-state index is 10.4. The molecule has 0 radical (unpaired) electrons. The third-order valence-corrected chi connectivity index (χ3v) is 4.24. The number of hydrogen-bond acceptors (Lipinski definition) is 2. The van der Waals surface area contributed by atoms with Gasteiger partial charge < -0.3 is 10.4 Å². The van der Waals surface area contributed by atoms with E-state index in [1.165, 1.54) is 24.0 Å². The molecule has 0 fully saturated rings. The van der Waals surface area contributed by atoms with Crippen LogP contribution in [-0.2, 0) is 0 Å². The van der Waals surface area contributed by atoms with E-state index in [2.05, 4.69) is 45.2 Å². The van der Waals surface area contributed by atoms with Crippen molar-refractivity contribution in [3.8, 4) is 0 Å². The van der Waals surface area contributed by atoms with Gasteiger partial charge in [0.2, 0.25) is 0 Å². The van der Waals surface area contributed by atoms with E-state index in [1.807, 2.05) is 13.8 Å². The Morgan fingerprint density at radius 2 is 1.85 bits per heavy atom. The van der Waals surface area contributed by atoms with E-state index in [9.17, 15) is 5.11 Å². The Hall–Kier alpha value is -0.600. The quantitative estimate of drug-likeness (QED) is 0.736. The summed E-state index contributed by atoms with van der Waals surface area (Å²) < 4.78 is 0. The van der Waals surface area contributed by atoms with Crippen LogP contribution in [0, 0.1) is 11.8 Å². The van der Waals surface area contributed by atoms with Gasteiger partial charge in [-0.05, 0) is 58.4 Å². The highest BCUT2D eigenvalue weighted by Crippen LogP contribution is 2.29. The van der Waals surface area contributed by atoms with Crippen molar-refractivity contribution in [3.63, 3.8) is 0 Å². The third kappa shape index (κ3) is 5.80. The summed E-state index contributed by atoms with van der Waals surface area (Å²) in [6.07, 6.45) is 7.88. The highest BCUT2D eigenvalue weighted by molar-refractivity contribution is 5.24. The molecule has 0 spiro atoms. The molecule has 0 aromatic carbocycles. The molecule has 0 amide bonds. The van der Waals surface area contributed by atoms with Gasteiger partial charge in [-0.2, -0.15) is 0 Å². The fourth-order valence-electron chi connectivity index (χ4n) is 2.67. The molecule has 0 saturated heterocycles. The zero-order valence-electron chi connectivity index (χ0n) is 14.2. The molecule has 2 heteroatoms. The zero-order valence-corrected chi connectivity index (χ0v) is 14.2. The van der Waals surface area contributed by atoms with Crippen LogP contribution in [0.25, 0.3) is 0 Å². The normalized spacial score (nSPS) is 19.6. The smallest absolute Gasteiger partial charge is 0.0744 e. The van der Waals surface area contributed by atoms with Crippen LogP contribution in [-0.4, -0.2) is 23.3 Å². The number of rotatable bonds is 7. The molecular formula is C18H33NO. The first-order valence-corrected chi connectivity index (χ1v) is 8.02. The van der Waals surface area contributed by atoms with E-state index in [0.29, 0.717) is 11.8 Å². The second-order valence-corrected chi connectivity index (χ2v) is 7.40. The van der Waals surface area contributed by atoms with E-state index in [4.69, 9.17) is 0 Å². The van der Waals surface area contributed by atoms with Gasteiger partial charge in [-0.15, -0.1) is 0 Å². The topological polar surface area (TPSA) is 32.3 Å². The van der Waals surface area contributed by atoms with Crippen molar-refractivity contribution in [1.29, 1.82) is 0 Å². The standard InChI is InChI=1S/C18H33NO/c1-13(2)12-19-17(18(5,6)20)11-15(4)16-9-7-14(3)8-10-16/h7,9,13,15,17,19-20H,8,10-12H2,1-6H3/t15-,17?/m0/s1. The van der Waals surface area contributed by atoms with E-state index >= 15 is 0 Å². The van der Waals surface area contributed by atoms with Crippen LogP contribution in [0.5, 0.6) is 0 Å². The minimum Gasteiger partial charge on any atom is -0.389 e. The van der Waals surface area contributed by atoms with Crippen LogP contribution in [0.15, 0.2) is 23.3 Å². The second kappa shape index (κ2) is 7.42. The van der Waals surface area contributed by atoms with Gasteiger partial charge in [0.15, 0.2) is 0 Å². The molecule has 2 atom stereocenters. The maximum atomic E-state index is 10.4. The summed E-state index contributed by atoms with van der Waals surface area (Å²) in [5, 5.41) is 13.9. The van der Waals surface area contributed by atoms with E-state index < -0.39 is 5.60 Å². The van der Waals surface area contributed by atoms with Crippen LogP contribution in [0.3, 0.4) is 0 Å². The Bertz CT molecular complexity index is 360. The summed E-state index contributed by atoms with van der Waals surface area (Å²) in [5.41, 5.74) is 2.32. The fraction of sp³-hybridized carbons (Fsp3) is 0.778. The summed E-state index contributed by atoms with van der Waals surface area (Å²) in [5.74, 6) is 1.13. The lowest BCUT2D eigenvalue weighted by atomic mass is 9.83. The van der Waals surface area contributed by atoms with E-state index in [-0.39, 0.29) is 6.04 Å². The largest absolute Gasteiger partial charge is 0.389 e. The van der Waals surface area contributed by atoms with E-state index in [1.54, 1.807) is 0 Å². The summed E-state index contributed by atoms with van der Waals surface area (Å²) in [4.78, 5) is 0. The molecular weight excluding hydrogens is 246 g/mol. The zero-order chi connectivity index (χ0) is 15.3. The molecule has 0 aromatic heterocycles. The SMILES string of the molecule is CC1=CC=C([C@@H](C)CC(NCC(C)C)C(C)(C)O)CC1. The fourth-order valence-corrected chi connectivity index (χ4v) is 2.67. The summed E-state index contributed by atoms with van der Waals surface area (Å²) in [6, 6.07) is 0.146. The van der Waals surface area contributed by atoms with Crippen molar-refractivity contribution in [1.82, 2.24) is 5.32 Å². The molecule has 0 aliphatic heterocycles. The highest BCUT2D eigenvalue weighted by atomic mass is 16.3. The molecule has 2 N–H and O–H groups in total.